The highest BCUT2D eigenvalue weighted by Crippen LogP contribution is 2.52. The van der Waals surface area contributed by atoms with Crippen LogP contribution in [0.15, 0.2) is 21.5 Å². The summed E-state index contributed by atoms with van der Waals surface area (Å²) in [7, 11) is -2.11. The van der Waals surface area contributed by atoms with E-state index in [2.05, 4.69) is 0 Å². The summed E-state index contributed by atoms with van der Waals surface area (Å²) in [6, 6.07) is 0. The van der Waals surface area contributed by atoms with Crippen LogP contribution in [0.25, 0.3) is 0 Å². The summed E-state index contributed by atoms with van der Waals surface area (Å²) in [6.45, 7) is 0. The molecule has 6 heteroatoms. The van der Waals surface area contributed by atoms with Crippen LogP contribution in [0, 0.1) is 5.92 Å². The van der Waals surface area contributed by atoms with Gasteiger partial charge >= 0.3 is 0 Å². The first kappa shape index (κ1) is 9.58. The number of rotatable bonds is 0. The molecule has 3 rings (SSSR count). The van der Waals surface area contributed by atoms with Crippen LogP contribution < -0.4 is 0 Å². The van der Waals surface area contributed by atoms with E-state index in [1.54, 1.807) is 11.5 Å². The quantitative estimate of drug-likeness (QED) is 0.667. The summed E-state index contributed by atoms with van der Waals surface area (Å²) in [5, 5.41) is 2.29. The normalized spacial score (nSPS) is 54.4. The molecule has 2 unspecified atom stereocenters. The molecule has 2 nitrogen and oxygen atoms in total. The summed E-state index contributed by atoms with van der Waals surface area (Å²) in [5.74, 6) is -0.0687. The van der Waals surface area contributed by atoms with E-state index in [1.165, 1.54) is 0 Å². The minimum absolute atomic E-state index is 0.0687. The standard InChI is InChI=1S/C8H6Cl2O2S2/c9-3-1-5-8-6(7(3)14(5)12)4(10)2-13(8)11/h1-2,5-8H/t5?,6-,7+,8+,13+,14?/m1/s1. The van der Waals surface area contributed by atoms with Crippen molar-refractivity contribution in [1.29, 1.82) is 0 Å². The van der Waals surface area contributed by atoms with Gasteiger partial charge in [0.15, 0.2) is 0 Å². The third kappa shape index (κ3) is 0.979. The molecule has 1 fully saturated rings. The van der Waals surface area contributed by atoms with Crippen molar-refractivity contribution < 1.29 is 8.42 Å². The predicted molar refractivity (Wildman–Crippen MR) is 59.0 cm³/mol. The topological polar surface area (TPSA) is 34.1 Å². The summed E-state index contributed by atoms with van der Waals surface area (Å²) >= 11 is 11.9. The molecular weight excluding hydrogens is 263 g/mol. The Morgan fingerprint density at radius 1 is 1.21 bits per heavy atom. The van der Waals surface area contributed by atoms with Crippen molar-refractivity contribution in [2.75, 3.05) is 0 Å². The van der Waals surface area contributed by atoms with Crippen molar-refractivity contribution in [3.63, 3.8) is 0 Å². The molecule has 76 valence electrons. The largest absolute Gasteiger partial charge is 0.258 e. The molecule has 0 spiro atoms. The monoisotopic (exact) mass is 268 g/mol. The summed E-state index contributed by atoms with van der Waals surface area (Å²) < 4.78 is 23.5. The minimum atomic E-state index is -1.08. The van der Waals surface area contributed by atoms with E-state index < -0.39 is 21.6 Å². The van der Waals surface area contributed by atoms with E-state index in [-0.39, 0.29) is 21.7 Å². The van der Waals surface area contributed by atoms with Gasteiger partial charge in [0.2, 0.25) is 0 Å². The van der Waals surface area contributed by atoms with Gasteiger partial charge in [-0.15, -0.1) is 0 Å². The second-order valence-electron chi connectivity index (χ2n) is 3.59. The van der Waals surface area contributed by atoms with Crippen molar-refractivity contribution in [2.24, 2.45) is 5.92 Å². The lowest BCUT2D eigenvalue weighted by Crippen LogP contribution is -2.29. The lowest BCUT2D eigenvalue weighted by atomic mass is 9.94. The SMILES string of the molecule is O=S1C2C=C(Cl)[C@H]1[C@H]1C(Cl)=C[S@](=O)[C@@H]21. The fourth-order valence-corrected chi connectivity index (χ4v) is 7.84. The second kappa shape index (κ2) is 2.94. The van der Waals surface area contributed by atoms with Gasteiger partial charge in [0.25, 0.3) is 0 Å². The molecule has 2 bridgehead atoms. The fraction of sp³-hybridized carbons (Fsp3) is 0.500. The van der Waals surface area contributed by atoms with Gasteiger partial charge in [-0.3, -0.25) is 8.42 Å². The zero-order valence-corrected chi connectivity index (χ0v) is 10.00. The zero-order chi connectivity index (χ0) is 10.0. The van der Waals surface area contributed by atoms with Crippen LogP contribution in [0.3, 0.4) is 0 Å². The van der Waals surface area contributed by atoms with Gasteiger partial charge in [-0.25, -0.2) is 0 Å². The third-order valence-corrected chi connectivity index (χ3v) is 7.71. The van der Waals surface area contributed by atoms with E-state index in [0.29, 0.717) is 10.1 Å². The van der Waals surface area contributed by atoms with Crippen LogP contribution in [0.1, 0.15) is 0 Å². The molecular formula is C8H6Cl2O2S2. The van der Waals surface area contributed by atoms with E-state index in [4.69, 9.17) is 23.2 Å². The zero-order valence-electron chi connectivity index (χ0n) is 6.85. The Labute approximate surface area is 96.3 Å². The molecule has 14 heavy (non-hydrogen) atoms. The third-order valence-electron chi connectivity index (χ3n) is 2.93. The van der Waals surface area contributed by atoms with Crippen molar-refractivity contribution in [2.45, 2.75) is 15.7 Å². The first-order chi connectivity index (χ1) is 6.61. The van der Waals surface area contributed by atoms with Gasteiger partial charge in [0.05, 0.1) is 26.5 Å². The molecule has 0 N–H and O–H groups in total. The Bertz CT molecular complexity index is 429. The molecule has 0 aromatic heterocycles. The highest BCUT2D eigenvalue weighted by Gasteiger charge is 2.59. The van der Waals surface area contributed by atoms with Crippen molar-refractivity contribution in [3.8, 4) is 0 Å². The number of hydrogen-bond donors (Lipinski definition) is 0. The molecule has 0 radical (unpaired) electrons. The molecule has 0 aromatic rings. The maximum atomic E-state index is 11.8. The molecule has 3 heterocycles. The fourth-order valence-electron chi connectivity index (χ4n) is 2.37. The van der Waals surface area contributed by atoms with Gasteiger partial charge in [0.1, 0.15) is 0 Å². The second-order valence-corrected chi connectivity index (χ2v) is 7.61. The highest BCUT2D eigenvalue weighted by atomic mass is 35.5. The number of fused-ring (bicyclic) bond motifs is 5. The van der Waals surface area contributed by atoms with Gasteiger partial charge in [0, 0.05) is 32.2 Å². The van der Waals surface area contributed by atoms with Crippen LogP contribution in [-0.2, 0) is 21.6 Å². The van der Waals surface area contributed by atoms with E-state index in [1.807, 2.05) is 0 Å². The Hall–Kier alpha value is 0.360. The first-order valence-corrected chi connectivity index (χ1v) is 7.45. The predicted octanol–water partition coefficient (Wildman–Crippen LogP) is 1.45. The van der Waals surface area contributed by atoms with E-state index in [0.717, 1.165) is 0 Å². The summed E-state index contributed by atoms with van der Waals surface area (Å²) in [5.41, 5.74) is 0. The average molecular weight is 269 g/mol. The van der Waals surface area contributed by atoms with Crippen LogP contribution in [0.5, 0.6) is 0 Å². The molecule has 3 aliphatic heterocycles. The van der Waals surface area contributed by atoms with Gasteiger partial charge in [-0.1, -0.05) is 29.3 Å². The van der Waals surface area contributed by atoms with Crippen molar-refractivity contribution in [3.05, 3.63) is 21.5 Å². The molecule has 3 aliphatic rings. The van der Waals surface area contributed by atoms with Gasteiger partial charge in [-0.2, -0.15) is 0 Å². The minimum Gasteiger partial charge on any atom is -0.258 e. The van der Waals surface area contributed by atoms with E-state index in [9.17, 15) is 8.42 Å². The number of allylic oxidation sites excluding steroid dienone is 1. The Balaban J connectivity index is 2.15. The molecule has 0 aromatic carbocycles. The molecule has 0 saturated carbocycles. The average Bonchev–Trinajstić information content (AvgIpc) is 2.64. The summed E-state index contributed by atoms with van der Waals surface area (Å²) in [4.78, 5) is 0. The van der Waals surface area contributed by atoms with Gasteiger partial charge in [-0.05, 0) is 0 Å². The summed E-state index contributed by atoms with van der Waals surface area (Å²) in [6.07, 6.45) is 1.78. The Kier molecular flexibility index (Phi) is 2.01. The van der Waals surface area contributed by atoms with Crippen molar-refractivity contribution >= 4 is 44.8 Å². The number of halogens is 2. The van der Waals surface area contributed by atoms with Crippen LogP contribution >= 0.6 is 23.2 Å². The smallest absolute Gasteiger partial charge is 0.0797 e. The van der Waals surface area contributed by atoms with Crippen LogP contribution in [0.4, 0.5) is 0 Å². The molecule has 0 aliphatic carbocycles. The van der Waals surface area contributed by atoms with Crippen LogP contribution in [0.2, 0.25) is 0 Å². The molecule has 0 amide bonds. The van der Waals surface area contributed by atoms with Gasteiger partial charge < -0.3 is 0 Å². The maximum absolute atomic E-state index is 11.8. The lowest BCUT2D eigenvalue weighted by Gasteiger charge is -2.19. The first-order valence-electron chi connectivity index (χ1n) is 4.14. The Morgan fingerprint density at radius 2 is 1.93 bits per heavy atom. The molecule has 6 atom stereocenters. The lowest BCUT2D eigenvalue weighted by molar-refractivity contribution is 0.622. The van der Waals surface area contributed by atoms with E-state index >= 15 is 0 Å². The number of hydrogen-bond acceptors (Lipinski definition) is 2. The highest BCUT2D eigenvalue weighted by molar-refractivity contribution is 7.93. The maximum Gasteiger partial charge on any atom is 0.0797 e. The molecule has 1 saturated heterocycles. The van der Waals surface area contributed by atoms with Crippen LogP contribution in [-0.4, -0.2) is 24.2 Å². The van der Waals surface area contributed by atoms with Crippen molar-refractivity contribution in [1.82, 2.24) is 0 Å². The Morgan fingerprint density at radius 3 is 2.64 bits per heavy atom.